The number of nitrogens with zero attached hydrogens (tertiary/aromatic N) is 1. The lowest BCUT2D eigenvalue weighted by molar-refractivity contribution is -0.929. The van der Waals surface area contributed by atoms with Gasteiger partial charge in [0.25, 0.3) is 0 Å². The van der Waals surface area contributed by atoms with E-state index in [1.54, 1.807) is 0 Å². The van der Waals surface area contributed by atoms with Gasteiger partial charge in [-0.3, -0.25) is 0 Å². The number of anilines is 2. The third-order valence-electron chi connectivity index (χ3n) is 20.8. The number of rotatable bonds is 74. The Morgan fingerprint density at radius 2 is 0.379 bits per heavy atom. The minimum Gasteiger partial charge on any atom is -0.494 e. The van der Waals surface area contributed by atoms with E-state index in [0.717, 1.165) is 22.9 Å². The SMILES string of the molecule is CCCCCCCCCCCCCCCCCC[N+](CCCCCCCCCCCCCCCCCC)(CCCCCCCCCCCCCCCCCC)CCCCCCCCCCCCCCCCCC.CCOc1ccc(NC(=S)Nc2ccc(OCC)cc2)cc1. The molecule has 2 aromatic rings. The highest BCUT2D eigenvalue weighted by Crippen LogP contribution is 2.25. The molecule has 0 amide bonds. The van der Waals surface area contributed by atoms with Gasteiger partial charge in [0.2, 0.25) is 0 Å². The molecule has 2 N–H and O–H groups in total. The predicted octanol–water partition coefficient (Wildman–Crippen LogP) is 31.1. The van der Waals surface area contributed by atoms with E-state index in [-0.39, 0.29) is 0 Å². The van der Waals surface area contributed by atoms with Gasteiger partial charge in [-0.2, -0.15) is 0 Å². The zero-order valence-corrected chi connectivity index (χ0v) is 66.1. The maximum Gasteiger partial charge on any atom is 0.175 e. The molecule has 95 heavy (non-hydrogen) atoms. The first-order valence-corrected chi connectivity index (χ1v) is 43.7. The molecule has 0 aromatic heterocycles. The Bertz CT molecular complexity index is 1580. The van der Waals surface area contributed by atoms with Crippen molar-refractivity contribution in [3.05, 3.63) is 48.5 Å². The van der Waals surface area contributed by atoms with Crippen LogP contribution in [0.2, 0.25) is 0 Å². The van der Waals surface area contributed by atoms with Gasteiger partial charge in [0.15, 0.2) is 5.11 Å². The Hall–Kier alpha value is -2.31. The summed E-state index contributed by atoms with van der Waals surface area (Å²) in [7, 11) is 0. The lowest BCUT2D eigenvalue weighted by atomic mass is 10.0. The minimum atomic E-state index is 0.535. The van der Waals surface area contributed by atoms with E-state index in [2.05, 4.69) is 38.3 Å². The maximum absolute atomic E-state index is 5.40. The van der Waals surface area contributed by atoms with Gasteiger partial charge in [0, 0.05) is 11.4 Å². The van der Waals surface area contributed by atoms with Gasteiger partial charge in [-0.25, -0.2) is 0 Å². The van der Waals surface area contributed by atoms with Crippen LogP contribution in [-0.2, 0) is 0 Å². The first-order valence-electron chi connectivity index (χ1n) is 43.3. The molecule has 0 saturated carbocycles. The van der Waals surface area contributed by atoms with Crippen LogP contribution in [0.5, 0.6) is 11.5 Å². The van der Waals surface area contributed by atoms with Crippen LogP contribution in [0.15, 0.2) is 48.5 Å². The number of thiocarbonyl (C=S) groups is 1. The quantitative estimate of drug-likeness (QED) is 0.0393. The summed E-state index contributed by atoms with van der Waals surface area (Å²) in [6, 6.07) is 15.3. The zero-order chi connectivity index (χ0) is 68.4. The van der Waals surface area contributed by atoms with E-state index < -0.39 is 0 Å². The van der Waals surface area contributed by atoms with Crippen molar-refractivity contribution in [2.75, 3.05) is 50.0 Å². The summed E-state index contributed by atoms with van der Waals surface area (Å²) in [5.74, 6) is 1.69. The van der Waals surface area contributed by atoms with E-state index in [1.165, 1.54) is 442 Å². The van der Waals surface area contributed by atoms with E-state index in [1.807, 2.05) is 62.4 Å². The number of unbranched alkanes of at least 4 members (excludes halogenated alkanes) is 60. The summed E-state index contributed by atoms with van der Waals surface area (Å²) in [5.41, 5.74) is 1.82. The molecular formula is C89H168N3O2S+. The molecule has 556 valence electrons. The molecule has 0 radical (unpaired) electrons. The van der Waals surface area contributed by atoms with Crippen LogP contribution < -0.4 is 20.1 Å². The number of ether oxygens (including phenoxy) is 2. The number of quaternary nitrogens is 1. The average molecular weight is 1340 g/mol. The van der Waals surface area contributed by atoms with Crippen molar-refractivity contribution in [1.82, 2.24) is 0 Å². The molecule has 0 aliphatic heterocycles. The molecule has 0 unspecified atom stereocenters. The van der Waals surface area contributed by atoms with Gasteiger partial charge in [-0.1, -0.05) is 387 Å². The summed E-state index contributed by atoms with van der Waals surface area (Å²) in [4.78, 5) is 0. The van der Waals surface area contributed by atoms with Crippen molar-refractivity contribution in [3.8, 4) is 11.5 Å². The molecule has 0 aliphatic carbocycles. The van der Waals surface area contributed by atoms with Crippen molar-refractivity contribution >= 4 is 28.7 Å². The van der Waals surface area contributed by atoms with Crippen molar-refractivity contribution in [3.63, 3.8) is 0 Å². The Balaban J connectivity index is 0.00000170. The smallest absolute Gasteiger partial charge is 0.175 e. The van der Waals surface area contributed by atoms with Crippen LogP contribution in [0.4, 0.5) is 11.4 Å². The van der Waals surface area contributed by atoms with E-state index >= 15 is 0 Å². The topological polar surface area (TPSA) is 42.5 Å². The molecule has 0 fully saturated rings. The van der Waals surface area contributed by atoms with Crippen LogP contribution in [0.3, 0.4) is 0 Å². The molecule has 0 bridgehead atoms. The molecule has 0 aliphatic rings. The van der Waals surface area contributed by atoms with Crippen LogP contribution in [0.25, 0.3) is 0 Å². The number of nitrogens with one attached hydrogen (secondary N) is 2. The minimum absolute atomic E-state index is 0.535. The third-order valence-corrected chi connectivity index (χ3v) is 21.0. The fourth-order valence-electron chi connectivity index (χ4n) is 14.5. The normalized spacial score (nSPS) is 11.5. The Morgan fingerprint density at radius 1 is 0.232 bits per heavy atom. The van der Waals surface area contributed by atoms with Crippen molar-refractivity contribution in [2.45, 2.75) is 452 Å². The molecule has 6 heteroatoms. The molecule has 0 spiro atoms. The molecule has 0 heterocycles. The summed E-state index contributed by atoms with van der Waals surface area (Å²) in [5, 5.41) is 6.80. The fraction of sp³-hybridized carbons (Fsp3) is 0.854. The van der Waals surface area contributed by atoms with Crippen LogP contribution in [0, 0.1) is 0 Å². The third kappa shape index (κ3) is 63.6. The lowest BCUT2D eigenvalue weighted by Crippen LogP contribution is -2.50. The van der Waals surface area contributed by atoms with Gasteiger partial charge in [0.05, 0.1) is 39.4 Å². The van der Waals surface area contributed by atoms with Gasteiger partial charge in [-0.15, -0.1) is 0 Å². The standard InChI is InChI=1S/C72H148N.C17H20N2O2S/c1-5-9-13-17-21-25-29-33-37-41-45-49-53-57-61-65-69-73(70-66-62-58-54-50-46-42-38-34-30-26-22-18-14-10-6-2,71-67-63-59-55-51-47-43-39-35-31-27-23-19-15-11-7-3)72-68-64-60-56-52-48-44-40-36-32-28-24-20-16-12-8-4;1-3-20-15-9-5-13(6-10-15)18-17(22)19-14-7-11-16(12-8-14)21-4-2/h5-72H2,1-4H3;5-12H,3-4H2,1-2H3,(H2,18,19,22)/q+1;. The van der Waals surface area contributed by atoms with Crippen molar-refractivity contribution < 1.29 is 14.0 Å². The van der Waals surface area contributed by atoms with Gasteiger partial charge >= 0.3 is 0 Å². The van der Waals surface area contributed by atoms with Gasteiger partial charge in [-0.05, 0) is 126 Å². The number of benzene rings is 2. The molecule has 2 aromatic carbocycles. The fourth-order valence-corrected chi connectivity index (χ4v) is 14.8. The van der Waals surface area contributed by atoms with E-state index in [4.69, 9.17) is 21.7 Å². The van der Waals surface area contributed by atoms with Crippen LogP contribution >= 0.6 is 12.2 Å². The highest BCUT2D eigenvalue weighted by atomic mass is 32.1. The summed E-state index contributed by atoms with van der Waals surface area (Å²) >= 11 is 5.30. The first kappa shape index (κ1) is 90.7. The highest BCUT2D eigenvalue weighted by Gasteiger charge is 2.26. The lowest BCUT2D eigenvalue weighted by Gasteiger charge is -2.40. The van der Waals surface area contributed by atoms with Gasteiger partial charge in [0.1, 0.15) is 11.5 Å². The second-order valence-electron chi connectivity index (χ2n) is 29.9. The Labute approximate surface area is 601 Å². The first-order chi connectivity index (χ1) is 46.9. The zero-order valence-electron chi connectivity index (χ0n) is 65.3. The second-order valence-corrected chi connectivity index (χ2v) is 30.4. The summed E-state index contributed by atoms with van der Waals surface area (Å²) < 4.78 is 12.3. The predicted molar refractivity (Wildman–Crippen MR) is 433 cm³/mol. The van der Waals surface area contributed by atoms with Crippen LogP contribution in [-0.4, -0.2) is 49.0 Å². The van der Waals surface area contributed by atoms with E-state index in [9.17, 15) is 0 Å². The van der Waals surface area contributed by atoms with Crippen LogP contribution in [0.1, 0.15) is 452 Å². The summed E-state index contributed by atoms with van der Waals surface area (Å²) in [6.45, 7) is 20.5. The van der Waals surface area contributed by atoms with Gasteiger partial charge < -0.3 is 24.6 Å². The molecule has 0 saturated heterocycles. The maximum atomic E-state index is 5.40. The summed E-state index contributed by atoms with van der Waals surface area (Å²) in [6.07, 6.45) is 94.7. The number of hydrogen-bond donors (Lipinski definition) is 2. The molecule has 0 atom stereocenters. The van der Waals surface area contributed by atoms with Crippen molar-refractivity contribution in [2.24, 2.45) is 0 Å². The van der Waals surface area contributed by atoms with Crippen molar-refractivity contribution in [1.29, 1.82) is 0 Å². The monoisotopic (exact) mass is 1340 g/mol. The largest absolute Gasteiger partial charge is 0.494 e. The number of hydrogen-bond acceptors (Lipinski definition) is 3. The van der Waals surface area contributed by atoms with E-state index in [0.29, 0.717) is 18.3 Å². The highest BCUT2D eigenvalue weighted by molar-refractivity contribution is 7.80. The molecule has 2 rings (SSSR count). The average Bonchev–Trinajstić information content (AvgIpc) is 1.05. The Kier molecular flexibility index (Phi) is 71.0. The Morgan fingerprint density at radius 3 is 0.526 bits per heavy atom. The second kappa shape index (κ2) is 74.4. The molecule has 5 nitrogen and oxygen atoms in total. The molecular weight excluding hydrogens is 1180 g/mol.